The third-order valence-electron chi connectivity index (χ3n) is 12.0. The largest absolute Gasteiger partial charge is 0.481 e. The number of rotatable bonds is 31. The van der Waals surface area contributed by atoms with Crippen molar-refractivity contribution in [1.82, 2.24) is 30.7 Å². The van der Waals surface area contributed by atoms with E-state index in [4.69, 9.17) is 15.6 Å². The monoisotopic (exact) mass is 1070 g/mol. The van der Waals surface area contributed by atoms with Gasteiger partial charge in [-0.3, -0.25) is 47.9 Å². The van der Waals surface area contributed by atoms with Crippen molar-refractivity contribution in [2.75, 3.05) is 26.2 Å². The molecule has 0 radical (unpaired) electrons. The number of Topliss-reactive ketones (excluding diaryl/α,β-unsaturated/α-hetero) is 1. The molecule has 414 valence electrons. The van der Waals surface area contributed by atoms with Crippen LogP contribution in [0, 0.1) is 23.0 Å². The highest BCUT2D eigenvalue weighted by Gasteiger charge is 2.39. The number of aliphatic hydroxyl groups excluding tert-OH is 1. The van der Waals surface area contributed by atoms with Gasteiger partial charge in [0.15, 0.2) is 5.78 Å². The standard InChI is InChI=1S/C54H65F2N7O14/c1-54(2,3)50(43-23-36(39-26-37(55)16-17-40(39)56)30-62(43)29-33-11-6-4-7-12-33)63(46(68)31-64)22-20-41(52(75)58-21-10-15-38(65)28-59-45(67)18-19-47(69)70)60-53(76)42(27-44(57)66)61-51(74)35(24-48(71)72)25-49(73)77-32-34-13-8-5-9-14-34/h4-9,11-14,16-17,23,26,30,35,41-42,50,64H,10,15,18-22,24-25,27-29,31-32H2,1-3H3,(H2,57,66)(H,58,75)(H,59,67)(H,60,76)(H,61,74)(H,69,70)(H,71,72)/t35-,41-,42-,50-/m0/s1. The number of primary amides is 1. The number of aromatic nitrogens is 1. The van der Waals surface area contributed by atoms with Crippen molar-refractivity contribution in [3.8, 4) is 11.1 Å². The first kappa shape index (κ1) is 61.2. The summed E-state index contributed by atoms with van der Waals surface area (Å²) in [6, 6.07) is 17.6. The van der Waals surface area contributed by atoms with Crippen LogP contribution in [-0.2, 0) is 65.8 Å². The zero-order chi connectivity index (χ0) is 56.8. The number of halogens is 2. The average molecular weight is 1070 g/mol. The highest BCUT2D eigenvalue weighted by molar-refractivity contribution is 5.96. The van der Waals surface area contributed by atoms with Crippen LogP contribution in [0.5, 0.6) is 0 Å². The second-order valence-electron chi connectivity index (χ2n) is 19.2. The van der Waals surface area contributed by atoms with Gasteiger partial charge in [0.1, 0.15) is 36.9 Å². The number of carboxylic acid groups (broad SMARTS) is 2. The van der Waals surface area contributed by atoms with E-state index in [2.05, 4.69) is 21.3 Å². The van der Waals surface area contributed by atoms with E-state index in [1.54, 1.807) is 80.1 Å². The van der Waals surface area contributed by atoms with Gasteiger partial charge in [0.05, 0.1) is 44.2 Å². The lowest BCUT2D eigenvalue weighted by Gasteiger charge is -2.41. The topological polar surface area (TPSA) is 323 Å². The van der Waals surface area contributed by atoms with Crippen LogP contribution in [-0.4, -0.2) is 122 Å². The number of carbonyl (C=O) groups is 10. The molecule has 0 saturated heterocycles. The van der Waals surface area contributed by atoms with E-state index in [-0.39, 0.29) is 50.1 Å². The molecule has 4 rings (SSSR count). The molecule has 6 amide bonds. The summed E-state index contributed by atoms with van der Waals surface area (Å²) in [6.07, 6.45) is -2.34. The number of carboxylic acids is 2. The molecule has 4 aromatic rings. The molecule has 21 nitrogen and oxygen atoms in total. The van der Waals surface area contributed by atoms with E-state index in [1.165, 1.54) is 4.90 Å². The number of aliphatic carboxylic acids is 2. The fourth-order valence-electron chi connectivity index (χ4n) is 8.29. The van der Waals surface area contributed by atoms with Gasteiger partial charge in [-0.1, -0.05) is 81.4 Å². The summed E-state index contributed by atoms with van der Waals surface area (Å²) in [5.41, 5.74) is 6.53. The molecule has 9 N–H and O–H groups in total. The number of amides is 6. The van der Waals surface area contributed by atoms with Crippen molar-refractivity contribution in [1.29, 1.82) is 0 Å². The van der Waals surface area contributed by atoms with Gasteiger partial charge in [-0.2, -0.15) is 0 Å². The molecule has 1 heterocycles. The molecule has 0 saturated carbocycles. The minimum absolute atomic E-state index is 0.00318. The van der Waals surface area contributed by atoms with Crippen LogP contribution < -0.4 is 27.0 Å². The summed E-state index contributed by atoms with van der Waals surface area (Å²) < 4.78 is 37.0. The van der Waals surface area contributed by atoms with Gasteiger partial charge in [-0.05, 0) is 53.6 Å². The van der Waals surface area contributed by atoms with Gasteiger partial charge in [0, 0.05) is 55.5 Å². The van der Waals surface area contributed by atoms with Crippen LogP contribution in [0.3, 0.4) is 0 Å². The molecule has 3 aromatic carbocycles. The van der Waals surface area contributed by atoms with Crippen molar-refractivity contribution < 1.29 is 76.8 Å². The Bertz CT molecular complexity index is 2730. The second kappa shape index (κ2) is 29.7. The lowest BCUT2D eigenvalue weighted by atomic mass is 9.82. The molecule has 0 aliphatic carbocycles. The molecule has 0 aliphatic heterocycles. The Morgan fingerprint density at radius 2 is 1.39 bits per heavy atom. The molecule has 1 aromatic heterocycles. The van der Waals surface area contributed by atoms with Gasteiger partial charge < -0.3 is 56.5 Å². The Balaban J connectivity index is 1.68. The van der Waals surface area contributed by atoms with Crippen molar-refractivity contribution >= 4 is 59.1 Å². The Hall–Kier alpha value is -8.34. The highest BCUT2D eigenvalue weighted by Crippen LogP contribution is 2.41. The number of nitrogens with two attached hydrogens (primary N) is 1. The van der Waals surface area contributed by atoms with Crippen molar-refractivity contribution in [3.63, 3.8) is 0 Å². The Kier molecular flexibility index (Phi) is 23.6. The van der Waals surface area contributed by atoms with Crippen molar-refractivity contribution in [2.24, 2.45) is 17.1 Å². The minimum Gasteiger partial charge on any atom is -0.481 e. The zero-order valence-corrected chi connectivity index (χ0v) is 42.9. The third-order valence-corrected chi connectivity index (χ3v) is 12.0. The number of carbonyl (C=O) groups excluding carboxylic acids is 8. The van der Waals surface area contributed by atoms with E-state index in [1.807, 2.05) is 18.2 Å². The molecule has 23 heteroatoms. The molecule has 0 fully saturated rings. The number of hydrogen-bond donors (Lipinski definition) is 8. The SMILES string of the molecule is CC(C)(C)[C@H](c1cc(-c2cc(F)ccc2F)cn1Cc1ccccc1)N(CC[C@H](NC(=O)[C@H](CC(N)=O)NC(=O)[C@@H](CC(=O)O)CC(=O)OCc1ccccc1)C(=O)NCCCC(=O)CNC(=O)CCC(=O)O)C(=O)CO. The lowest BCUT2D eigenvalue weighted by Crippen LogP contribution is -2.56. The van der Waals surface area contributed by atoms with Crippen molar-refractivity contribution in [2.45, 2.75) is 103 Å². The molecule has 4 atom stereocenters. The van der Waals surface area contributed by atoms with E-state index < -0.39 is 152 Å². The van der Waals surface area contributed by atoms with E-state index in [0.29, 0.717) is 11.3 Å². The Labute approximate surface area is 442 Å². The number of hydrogen-bond acceptors (Lipinski definition) is 12. The van der Waals surface area contributed by atoms with Crippen LogP contribution in [0.15, 0.2) is 91.1 Å². The third kappa shape index (κ3) is 20.4. The molecular formula is C54H65F2N7O14. The van der Waals surface area contributed by atoms with E-state index in [0.717, 1.165) is 23.8 Å². The first-order valence-corrected chi connectivity index (χ1v) is 24.6. The Morgan fingerprint density at radius 3 is 2.00 bits per heavy atom. The van der Waals surface area contributed by atoms with Crippen LogP contribution in [0.2, 0.25) is 0 Å². The van der Waals surface area contributed by atoms with Crippen LogP contribution >= 0.6 is 0 Å². The maximum absolute atomic E-state index is 15.4. The molecule has 0 bridgehead atoms. The number of nitrogens with zero attached hydrogens (tertiary/aromatic N) is 2. The van der Waals surface area contributed by atoms with E-state index >= 15 is 4.39 Å². The predicted octanol–water partition coefficient (Wildman–Crippen LogP) is 3.30. The number of ether oxygens (including phenoxy) is 1. The summed E-state index contributed by atoms with van der Waals surface area (Å²) in [5.74, 6) is -13.0. The smallest absolute Gasteiger partial charge is 0.306 e. The quantitative estimate of drug-likeness (QED) is 0.0265. The van der Waals surface area contributed by atoms with E-state index in [9.17, 15) is 62.5 Å². The summed E-state index contributed by atoms with van der Waals surface area (Å²) in [6.45, 7) is 3.26. The summed E-state index contributed by atoms with van der Waals surface area (Å²) >= 11 is 0. The number of benzene rings is 3. The normalized spacial score (nSPS) is 12.7. The summed E-state index contributed by atoms with van der Waals surface area (Å²) in [5, 5.41) is 38.6. The Morgan fingerprint density at radius 1 is 0.740 bits per heavy atom. The average Bonchev–Trinajstić information content (AvgIpc) is 3.78. The fraction of sp³-hybridized carbons (Fsp3) is 0.407. The fourth-order valence-corrected chi connectivity index (χ4v) is 8.29. The van der Waals surface area contributed by atoms with Crippen molar-refractivity contribution in [3.05, 3.63) is 120 Å². The van der Waals surface area contributed by atoms with Gasteiger partial charge in [-0.15, -0.1) is 0 Å². The predicted molar refractivity (Wildman–Crippen MR) is 272 cm³/mol. The molecule has 0 aliphatic rings. The number of esters is 1. The number of aliphatic hydroxyl groups is 1. The zero-order valence-electron chi connectivity index (χ0n) is 42.9. The molecule has 77 heavy (non-hydrogen) atoms. The maximum atomic E-state index is 15.4. The first-order valence-electron chi connectivity index (χ1n) is 24.6. The number of ketones is 1. The summed E-state index contributed by atoms with van der Waals surface area (Å²) in [4.78, 5) is 130. The van der Waals surface area contributed by atoms with Gasteiger partial charge in [-0.25, -0.2) is 8.78 Å². The minimum atomic E-state index is -1.87. The molecule has 0 spiro atoms. The van der Waals surface area contributed by atoms with Gasteiger partial charge >= 0.3 is 17.9 Å². The molecule has 0 unspecified atom stereocenters. The highest BCUT2D eigenvalue weighted by atomic mass is 19.1. The maximum Gasteiger partial charge on any atom is 0.306 e. The second-order valence-corrected chi connectivity index (χ2v) is 19.2. The van der Waals surface area contributed by atoms with Gasteiger partial charge in [0.2, 0.25) is 35.4 Å². The lowest BCUT2D eigenvalue weighted by molar-refractivity contribution is -0.150. The summed E-state index contributed by atoms with van der Waals surface area (Å²) in [7, 11) is 0. The van der Waals surface area contributed by atoms with Crippen LogP contribution in [0.1, 0.15) is 95.0 Å². The van der Waals surface area contributed by atoms with Crippen LogP contribution in [0.4, 0.5) is 8.78 Å². The first-order chi connectivity index (χ1) is 36.4. The molecular weight excluding hydrogens is 1010 g/mol. The van der Waals surface area contributed by atoms with Gasteiger partial charge in [0.25, 0.3) is 0 Å². The van der Waals surface area contributed by atoms with Crippen LogP contribution in [0.25, 0.3) is 11.1 Å². The number of nitrogens with one attached hydrogen (secondary N) is 4.